The van der Waals surface area contributed by atoms with Crippen LogP contribution in [0.2, 0.25) is 0 Å². The number of imidazole rings is 1. The number of amides is 1. The van der Waals surface area contributed by atoms with Crippen molar-refractivity contribution < 1.29 is 9.90 Å². The molecule has 1 aliphatic heterocycles. The molecule has 4 rings (SSSR count). The Morgan fingerprint density at radius 3 is 2.21 bits per heavy atom. The van der Waals surface area contributed by atoms with E-state index in [1.165, 1.54) is 0 Å². The van der Waals surface area contributed by atoms with E-state index < -0.39 is 6.10 Å². The lowest BCUT2D eigenvalue weighted by atomic mass is 9.87. The van der Waals surface area contributed by atoms with Crippen LogP contribution in [-0.4, -0.2) is 38.1 Å². The molecule has 1 saturated heterocycles. The number of aryl methyl sites for hydroxylation is 1. The van der Waals surface area contributed by atoms with Crippen LogP contribution in [0.1, 0.15) is 31.4 Å². The van der Waals surface area contributed by atoms with Crippen LogP contribution in [0.5, 0.6) is 0 Å². The Hall–Kier alpha value is -2.86. The molecule has 1 N–H and O–H groups in total. The van der Waals surface area contributed by atoms with E-state index in [0.717, 1.165) is 29.4 Å². The number of benzene rings is 2. The van der Waals surface area contributed by atoms with Gasteiger partial charge in [-0.25, -0.2) is 4.79 Å². The van der Waals surface area contributed by atoms with Crippen molar-refractivity contribution in [2.24, 2.45) is 5.92 Å². The number of para-hydroxylation sites is 2. The van der Waals surface area contributed by atoms with Gasteiger partial charge in [-0.3, -0.25) is 13.9 Å². The van der Waals surface area contributed by atoms with Gasteiger partial charge in [0.15, 0.2) is 0 Å². The summed E-state index contributed by atoms with van der Waals surface area (Å²) in [5, 5.41) is 10.6. The Bertz CT molecular complexity index is 1050. The van der Waals surface area contributed by atoms with Crippen LogP contribution in [0.25, 0.3) is 11.0 Å². The normalized spacial score (nSPS) is 16.3. The molecule has 1 atom stereocenters. The van der Waals surface area contributed by atoms with Crippen molar-refractivity contribution in [1.29, 1.82) is 0 Å². The van der Waals surface area contributed by atoms with E-state index >= 15 is 0 Å². The summed E-state index contributed by atoms with van der Waals surface area (Å²) in [6.45, 7) is 3.77. The molecule has 0 aliphatic carbocycles. The van der Waals surface area contributed by atoms with Gasteiger partial charge >= 0.3 is 5.69 Å². The zero-order valence-corrected chi connectivity index (χ0v) is 16.7. The largest absolute Gasteiger partial charge is 0.388 e. The number of aromatic nitrogens is 2. The fraction of sp³-hybridized carbons (Fsp3) is 0.391. The standard InChI is InChI=1S/C23H27N3O3/c1-2-25-19-10-6-7-11-20(19)26(23(25)29)16-21(27)24-14-12-18(13-15-24)22(28)17-8-4-3-5-9-17/h3-11,18,22,28H,2,12-16H2,1H3/t22-/m0/s1. The maximum atomic E-state index is 12.9. The van der Waals surface area contributed by atoms with Crippen molar-refractivity contribution in [2.75, 3.05) is 13.1 Å². The van der Waals surface area contributed by atoms with Crippen molar-refractivity contribution >= 4 is 16.9 Å². The summed E-state index contributed by atoms with van der Waals surface area (Å²) in [6, 6.07) is 17.3. The molecular formula is C23H27N3O3. The van der Waals surface area contributed by atoms with E-state index in [1.54, 1.807) is 9.13 Å². The van der Waals surface area contributed by atoms with Crippen LogP contribution < -0.4 is 5.69 Å². The number of nitrogens with zero attached hydrogens (tertiary/aromatic N) is 3. The SMILES string of the molecule is CCn1c(=O)n(CC(=O)N2CCC([C@@H](O)c3ccccc3)CC2)c2ccccc21. The molecule has 0 unspecified atom stereocenters. The van der Waals surface area contributed by atoms with Gasteiger partial charge in [0.25, 0.3) is 0 Å². The number of likely N-dealkylation sites (tertiary alicyclic amines) is 1. The monoisotopic (exact) mass is 393 g/mol. The number of hydrogen-bond donors (Lipinski definition) is 1. The minimum Gasteiger partial charge on any atom is -0.388 e. The Kier molecular flexibility index (Phi) is 5.53. The maximum Gasteiger partial charge on any atom is 0.329 e. The fourth-order valence-electron chi connectivity index (χ4n) is 4.35. The van der Waals surface area contributed by atoms with Crippen molar-refractivity contribution in [3.8, 4) is 0 Å². The highest BCUT2D eigenvalue weighted by atomic mass is 16.3. The van der Waals surface area contributed by atoms with E-state index in [-0.39, 0.29) is 24.1 Å². The first-order valence-corrected chi connectivity index (χ1v) is 10.3. The molecule has 1 aliphatic rings. The van der Waals surface area contributed by atoms with Crippen LogP contribution in [0.15, 0.2) is 59.4 Å². The van der Waals surface area contributed by atoms with Gasteiger partial charge in [-0.2, -0.15) is 0 Å². The quantitative estimate of drug-likeness (QED) is 0.725. The highest BCUT2D eigenvalue weighted by molar-refractivity contribution is 5.81. The minimum atomic E-state index is -0.501. The Morgan fingerprint density at radius 1 is 1.00 bits per heavy atom. The molecule has 2 aromatic carbocycles. The molecule has 2 heterocycles. The van der Waals surface area contributed by atoms with Crippen molar-refractivity contribution in [2.45, 2.75) is 39.0 Å². The van der Waals surface area contributed by atoms with Gasteiger partial charge in [0, 0.05) is 19.6 Å². The molecule has 3 aromatic rings. The van der Waals surface area contributed by atoms with Crippen LogP contribution in [0, 0.1) is 5.92 Å². The second kappa shape index (κ2) is 8.25. The van der Waals surface area contributed by atoms with Gasteiger partial charge in [0.2, 0.25) is 5.91 Å². The summed E-state index contributed by atoms with van der Waals surface area (Å²) < 4.78 is 3.27. The molecule has 6 nitrogen and oxygen atoms in total. The summed E-state index contributed by atoms with van der Waals surface area (Å²) >= 11 is 0. The number of aliphatic hydroxyl groups is 1. The molecule has 0 radical (unpaired) electrons. The van der Waals surface area contributed by atoms with Crippen molar-refractivity contribution in [3.63, 3.8) is 0 Å². The van der Waals surface area contributed by atoms with Gasteiger partial charge in [-0.05, 0) is 43.4 Å². The summed E-state index contributed by atoms with van der Waals surface area (Å²) in [7, 11) is 0. The van der Waals surface area contributed by atoms with Gasteiger partial charge in [0.1, 0.15) is 6.54 Å². The van der Waals surface area contributed by atoms with Crippen molar-refractivity contribution in [1.82, 2.24) is 14.0 Å². The number of hydrogen-bond acceptors (Lipinski definition) is 3. The first-order valence-electron chi connectivity index (χ1n) is 10.3. The molecule has 0 saturated carbocycles. The number of piperidine rings is 1. The van der Waals surface area contributed by atoms with Gasteiger partial charge in [-0.1, -0.05) is 42.5 Å². The Morgan fingerprint density at radius 2 is 1.59 bits per heavy atom. The third-order valence-electron chi connectivity index (χ3n) is 6.01. The molecule has 1 amide bonds. The van der Waals surface area contributed by atoms with Crippen LogP contribution in [0.3, 0.4) is 0 Å². The predicted octanol–water partition coefficient (Wildman–Crippen LogP) is 2.80. The molecule has 29 heavy (non-hydrogen) atoms. The van der Waals surface area contributed by atoms with Crippen LogP contribution in [0.4, 0.5) is 0 Å². The first kappa shape index (κ1) is 19.5. The lowest BCUT2D eigenvalue weighted by Gasteiger charge is -2.34. The number of fused-ring (bicyclic) bond motifs is 1. The van der Waals surface area contributed by atoms with Crippen LogP contribution >= 0.6 is 0 Å². The summed E-state index contributed by atoms with van der Waals surface area (Å²) in [5.74, 6) is 0.102. The lowest BCUT2D eigenvalue weighted by molar-refractivity contribution is -0.133. The average Bonchev–Trinajstić information content (AvgIpc) is 3.04. The molecule has 0 spiro atoms. The van der Waals surface area contributed by atoms with E-state index in [0.29, 0.717) is 19.6 Å². The number of carbonyl (C=O) groups excluding carboxylic acids is 1. The highest BCUT2D eigenvalue weighted by Crippen LogP contribution is 2.30. The van der Waals surface area contributed by atoms with E-state index in [9.17, 15) is 14.7 Å². The molecule has 152 valence electrons. The summed E-state index contributed by atoms with van der Waals surface area (Å²) in [4.78, 5) is 27.5. The molecule has 0 bridgehead atoms. The van der Waals surface area contributed by atoms with Crippen molar-refractivity contribution in [3.05, 3.63) is 70.6 Å². The van der Waals surface area contributed by atoms with Gasteiger partial charge in [-0.15, -0.1) is 0 Å². The highest BCUT2D eigenvalue weighted by Gasteiger charge is 2.28. The molecular weight excluding hydrogens is 366 g/mol. The van der Waals surface area contributed by atoms with E-state index in [4.69, 9.17) is 0 Å². The first-order chi connectivity index (χ1) is 14.1. The lowest BCUT2D eigenvalue weighted by Crippen LogP contribution is -2.42. The topological polar surface area (TPSA) is 67.5 Å². The van der Waals surface area contributed by atoms with Gasteiger partial charge in [0.05, 0.1) is 17.1 Å². The number of aliphatic hydroxyl groups excluding tert-OH is 1. The Balaban J connectivity index is 1.44. The fourth-order valence-corrected chi connectivity index (χ4v) is 4.35. The second-order valence-electron chi connectivity index (χ2n) is 7.68. The van der Waals surface area contributed by atoms with Gasteiger partial charge < -0.3 is 10.0 Å². The van der Waals surface area contributed by atoms with Crippen LogP contribution in [-0.2, 0) is 17.9 Å². The minimum absolute atomic E-state index is 0.0428. The Labute approximate surface area is 170 Å². The summed E-state index contributed by atoms with van der Waals surface area (Å²) in [5.41, 5.74) is 2.44. The zero-order chi connectivity index (χ0) is 20.4. The third-order valence-corrected chi connectivity index (χ3v) is 6.01. The second-order valence-corrected chi connectivity index (χ2v) is 7.68. The molecule has 6 heteroatoms. The van der Waals surface area contributed by atoms with E-state index in [1.807, 2.05) is 66.4 Å². The third kappa shape index (κ3) is 3.72. The predicted molar refractivity (Wildman–Crippen MR) is 113 cm³/mol. The number of carbonyl (C=O) groups is 1. The smallest absolute Gasteiger partial charge is 0.329 e. The zero-order valence-electron chi connectivity index (χ0n) is 16.7. The average molecular weight is 393 g/mol. The molecule has 1 aromatic heterocycles. The maximum absolute atomic E-state index is 12.9. The summed E-state index contributed by atoms with van der Waals surface area (Å²) in [6.07, 6.45) is 1.01. The number of rotatable bonds is 5. The van der Waals surface area contributed by atoms with E-state index in [2.05, 4.69) is 0 Å². The molecule has 1 fully saturated rings.